The van der Waals surface area contributed by atoms with Crippen LogP contribution in [0.15, 0.2) is 65.8 Å². The number of hydrazone groups is 1. The van der Waals surface area contributed by atoms with Crippen molar-refractivity contribution >= 4 is 23.4 Å². The van der Waals surface area contributed by atoms with Gasteiger partial charge in [-0.1, -0.05) is 86.8 Å². The Labute approximate surface area is 202 Å². The van der Waals surface area contributed by atoms with Gasteiger partial charge in [0, 0.05) is 38.1 Å². The van der Waals surface area contributed by atoms with E-state index in [4.69, 9.17) is 5.73 Å². The summed E-state index contributed by atoms with van der Waals surface area (Å²) in [6.07, 6.45) is 5.10. The van der Waals surface area contributed by atoms with E-state index in [1.54, 1.807) is 4.90 Å². The molecule has 0 spiro atoms. The highest BCUT2D eigenvalue weighted by Crippen LogP contribution is 2.14. The number of carbonyl (C=O) groups excluding carboxylic acids is 3. The average molecular weight is 465 g/mol. The number of primary amides is 1. The molecule has 3 amide bonds. The van der Waals surface area contributed by atoms with E-state index in [1.165, 1.54) is 0 Å². The van der Waals surface area contributed by atoms with Crippen molar-refractivity contribution in [1.82, 2.24) is 10.3 Å². The van der Waals surface area contributed by atoms with Crippen molar-refractivity contribution in [3.05, 3.63) is 71.8 Å². The number of hydrogen-bond donors (Lipinski definition) is 2. The number of urea groups is 1. The fourth-order valence-electron chi connectivity index (χ4n) is 3.63. The van der Waals surface area contributed by atoms with E-state index in [2.05, 4.69) is 17.5 Å². The number of ketones is 1. The first kappa shape index (κ1) is 26.8. The second kappa shape index (κ2) is 15.4. The minimum Gasteiger partial charge on any atom is -0.350 e. The Morgan fingerprint density at radius 1 is 0.824 bits per heavy atom. The third-order valence-electron chi connectivity index (χ3n) is 5.45. The summed E-state index contributed by atoms with van der Waals surface area (Å²) in [5.74, 6) is 0.00822. The molecule has 2 aromatic carbocycles. The number of Topliss-reactive ketones (excluding diaryl/α,β-unsaturated/α-hetero) is 1. The van der Waals surface area contributed by atoms with Crippen LogP contribution in [-0.4, -0.2) is 28.3 Å². The van der Waals surface area contributed by atoms with Gasteiger partial charge in [-0.05, 0) is 24.0 Å². The molecule has 0 bridgehead atoms. The number of hydrogen-bond acceptors (Lipinski definition) is 4. The molecule has 3 N–H and O–H groups in total. The van der Waals surface area contributed by atoms with Gasteiger partial charge in [-0.15, -0.1) is 0 Å². The number of amides is 3. The Hall–Kier alpha value is -3.48. The number of carbonyl (C=O) groups is 3. The lowest BCUT2D eigenvalue weighted by atomic mass is 10.0. The largest absolute Gasteiger partial charge is 0.350 e. The Balaban J connectivity index is 2.03. The van der Waals surface area contributed by atoms with E-state index in [0.717, 1.165) is 36.8 Å². The minimum atomic E-state index is -0.797. The van der Waals surface area contributed by atoms with Crippen LogP contribution >= 0.6 is 0 Å². The van der Waals surface area contributed by atoms with E-state index >= 15 is 0 Å². The first-order valence-corrected chi connectivity index (χ1v) is 12.0. The fraction of sp³-hybridized carbons (Fsp3) is 0.407. The highest BCUT2D eigenvalue weighted by atomic mass is 16.2. The fourth-order valence-corrected chi connectivity index (χ4v) is 3.63. The zero-order chi connectivity index (χ0) is 24.6. The number of unbranched alkanes of at least 4 members (excludes halogenated alkanes) is 3. The molecule has 7 nitrogen and oxygen atoms in total. The lowest BCUT2D eigenvalue weighted by Crippen LogP contribution is -2.31. The van der Waals surface area contributed by atoms with Gasteiger partial charge in [-0.2, -0.15) is 5.10 Å². The van der Waals surface area contributed by atoms with E-state index < -0.39 is 6.03 Å². The van der Waals surface area contributed by atoms with Crippen molar-refractivity contribution in [3.63, 3.8) is 0 Å². The summed E-state index contributed by atoms with van der Waals surface area (Å²) in [6.45, 7) is 3.09. The molecule has 2 aromatic rings. The quantitative estimate of drug-likeness (QED) is 0.221. The number of nitrogens with zero attached hydrogens (tertiary/aromatic N) is 2. The van der Waals surface area contributed by atoms with Gasteiger partial charge in [0.2, 0.25) is 5.91 Å². The molecule has 34 heavy (non-hydrogen) atoms. The maximum atomic E-state index is 13.2. The highest BCUT2D eigenvalue weighted by molar-refractivity contribution is 6.03. The van der Waals surface area contributed by atoms with Crippen LogP contribution in [0.3, 0.4) is 0 Å². The van der Waals surface area contributed by atoms with Crippen molar-refractivity contribution in [3.8, 4) is 0 Å². The van der Waals surface area contributed by atoms with Crippen LogP contribution in [0, 0.1) is 0 Å². The van der Waals surface area contributed by atoms with Crippen LogP contribution in [0.5, 0.6) is 0 Å². The Morgan fingerprint density at radius 2 is 1.41 bits per heavy atom. The summed E-state index contributed by atoms with van der Waals surface area (Å²) in [6, 6.07) is 18.9. The minimum absolute atomic E-state index is 0.0464. The van der Waals surface area contributed by atoms with Gasteiger partial charge >= 0.3 is 6.03 Å². The van der Waals surface area contributed by atoms with Gasteiger partial charge in [0.05, 0.1) is 0 Å². The summed E-state index contributed by atoms with van der Waals surface area (Å²) in [7, 11) is 0. The monoisotopic (exact) mass is 464 g/mol. The van der Waals surface area contributed by atoms with Crippen LogP contribution in [0.2, 0.25) is 0 Å². The third-order valence-corrected chi connectivity index (χ3v) is 5.45. The van der Waals surface area contributed by atoms with Crippen LogP contribution in [0.4, 0.5) is 4.79 Å². The van der Waals surface area contributed by atoms with E-state index in [1.807, 2.05) is 60.7 Å². The van der Waals surface area contributed by atoms with Gasteiger partial charge in [-0.3, -0.25) is 9.59 Å². The lowest BCUT2D eigenvalue weighted by Gasteiger charge is -2.23. The molecule has 0 aromatic heterocycles. The van der Waals surface area contributed by atoms with Gasteiger partial charge in [0.1, 0.15) is 5.78 Å². The molecule has 7 heteroatoms. The Morgan fingerprint density at radius 3 is 1.94 bits per heavy atom. The molecule has 0 aliphatic heterocycles. The van der Waals surface area contributed by atoms with Crippen molar-refractivity contribution in [1.29, 1.82) is 0 Å². The maximum absolute atomic E-state index is 13.2. The zero-order valence-corrected chi connectivity index (χ0v) is 20.0. The first-order valence-electron chi connectivity index (χ1n) is 12.0. The summed E-state index contributed by atoms with van der Waals surface area (Å²) in [5.41, 5.74) is 9.90. The molecule has 0 saturated carbocycles. The van der Waals surface area contributed by atoms with Crippen LogP contribution in [-0.2, 0) is 22.7 Å². The summed E-state index contributed by atoms with van der Waals surface area (Å²) >= 11 is 0. The van der Waals surface area contributed by atoms with Crippen molar-refractivity contribution in [2.24, 2.45) is 10.8 Å². The predicted octanol–water partition coefficient (Wildman–Crippen LogP) is 4.95. The van der Waals surface area contributed by atoms with E-state index in [0.29, 0.717) is 25.2 Å². The van der Waals surface area contributed by atoms with Crippen LogP contribution in [0.25, 0.3) is 0 Å². The summed E-state index contributed by atoms with van der Waals surface area (Å²) in [5, 5.41) is 4.01. The lowest BCUT2D eigenvalue weighted by molar-refractivity contribution is -0.132. The van der Waals surface area contributed by atoms with Crippen LogP contribution in [0.1, 0.15) is 69.4 Å². The first-order chi connectivity index (χ1) is 16.5. The highest BCUT2D eigenvalue weighted by Gasteiger charge is 2.17. The number of benzene rings is 2. The van der Waals surface area contributed by atoms with Crippen molar-refractivity contribution in [2.45, 2.75) is 71.4 Å². The standard InChI is InChI=1S/C27H36N4O3/c1-2-3-4-11-16-25(32)19-24(29-30-27(28)34)17-18-26(33)31(20-22-12-7-5-8-13-22)21-23-14-9-6-10-15-23/h5-10,12-15H,2-4,11,16-21H2,1H3,(H3,28,30,34)/b29-24+. The Bertz CT molecular complexity index is 888. The zero-order valence-electron chi connectivity index (χ0n) is 20.0. The smallest absolute Gasteiger partial charge is 0.332 e. The molecule has 0 heterocycles. The Kier molecular flexibility index (Phi) is 12.1. The van der Waals surface area contributed by atoms with Gasteiger partial charge in [0.25, 0.3) is 0 Å². The van der Waals surface area contributed by atoms with E-state index in [9.17, 15) is 14.4 Å². The van der Waals surface area contributed by atoms with Crippen molar-refractivity contribution < 1.29 is 14.4 Å². The molecule has 0 unspecified atom stereocenters. The molecule has 2 rings (SSSR count). The summed E-state index contributed by atoms with van der Waals surface area (Å²) < 4.78 is 0. The second-order valence-corrected chi connectivity index (χ2v) is 8.40. The van der Waals surface area contributed by atoms with Gasteiger partial charge in [-0.25, -0.2) is 10.2 Å². The number of nitrogens with one attached hydrogen (secondary N) is 1. The number of nitrogens with two attached hydrogens (primary N) is 1. The molecular formula is C27H36N4O3. The average Bonchev–Trinajstić information content (AvgIpc) is 2.84. The molecule has 0 fully saturated rings. The molecular weight excluding hydrogens is 428 g/mol. The van der Waals surface area contributed by atoms with E-state index in [-0.39, 0.29) is 31.0 Å². The SMILES string of the molecule is CCCCCCC(=O)C/C(CCC(=O)N(Cc1ccccc1)Cc1ccccc1)=N/NC(N)=O. The molecule has 0 aliphatic rings. The molecule has 0 saturated heterocycles. The predicted molar refractivity (Wildman–Crippen MR) is 135 cm³/mol. The van der Waals surface area contributed by atoms with Gasteiger partial charge in [0.15, 0.2) is 0 Å². The second-order valence-electron chi connectivity index (χ2n) is 8.40. The molecule has 0 aliphatic carbocycles. The normalized spacial score (nSPS) is 11.1. The molecule has 0 atom stereocenters. The topological polar surface area (TPSA) is 105 Å². The van der Waals surface area contributed by atoms with Gasteiger partial charge < -0.3 is 10.6 Å². The third kappa shape index (κ3) is 10.9. The molecule has 182 valence electrons. The summed E-state index contributed by atoms with van der Waals surface area (Å²) in [4.78, 5) is 38.5. The maximum Gasteiger partial charge on any atom is 0.332 e. The molecule has 0 radical (unpaired) electrons. The number of rotatable bonds is 15. The van der Waals surface area contributed by atoms with Crippen molar-refractivity contribution in [2.75, 3.05) is 0 Å². The van der Waals surface area contributed by atoms with Crippen LogP contribution < -0.4 is 11.2 Å².